The van der Waals surface area contributed by atoms with Gasteiger partial charge in [-0.2, -0.15) is 0 Å². The predicted octanol–water partition coefficient (Wildman–Crippen LogP) is 2.84. The second-order valence-electron chi connectivity index (χ2n) is 5.30. The highest BCUT2D eigenvalue weighted by Gasteiger charge is 2.16. The predicted molar refractivity (Wildman–Crippen MR) is 68.7 cm³/mol. The molecule has 0 saturated carbocycles. The first-order chi connectivity index (χ1) is 7.66. The molecule has 1 fully saturated rings. The van der Waals surface area contributed by atoms with Crippen molar-refractivity contribution < 1.29 is 0 Å². The molecule has 2 rings (SSSR count). The molecule has 0 atom stereocenters. The zero-order valence-corrected chi connectivity index (χ0v) is 10.9. The van der Waals surface area contributed by atoms with Crippen molar-refractivity contribution in [3.63, 3.8) is 0 Å². The summed E-state index contributed by atoms with van der Waals surface area (Å²) in [5.74, 6) is 0.942. The van der Waals surface area contributed by atoms with Gasteiger partial charge in [0.05, 0.1) is 0 Å². The van der Waals surface area contributed by atoms with E-state index in [0.717, 1.165) is 5.92 Å². The van der Waals surface area contributed by atoms with E-state index in [1.165, 1.54) is 50.3 Å². The molecule has 1 aromatic rings. The molecule has 2 nitrogen and oxygen atoms in total. The number of nitrogens with zero attached hydrogens (tertiary/aromatic N) is 2. The smallest absolute Gasteiger partial charge is 0.0227 e. The second kappa shape index (κ2) is 5.05. The third kappa shape index (κ3) is 2.67. The maximum absolute atomic E-state index is 2.46. The zero-order chi connectivity index (χ0) is 11.5. The van der Waals surface area contributed by atoms with Gasteiger partial charge >= 0.3 is 0 Å². The Labute approximate surface area is 99.3 Å². The molecular weight excluding hydrogens is 196 g/mol. The van der Waals surface area contributed by atoms with E-state index in [1.54, 1.807) is 0 Å². The molecule has 0 spiro atoms. The largest absolute Gasteiger partial charge is 0.349 e. The number of hydrogen-bond donors (Lipinski definition) is 0. The number of piperidine rings is 1. The molecule has 2 heteroatoms. The lowest BCUT2D eigenvalue weighted by Gasteiger charge is -2.29. The summed E-state index contributed by atoms with van der Waals surface area (Å²) in [5, 5.41) is 0. The molecule has 2 heterocycles. The fourth-order valence-electron chi connectivity index (χ4n) is 2.71. The van der Waals surface area contributed by atoms with Crippen LogP contribution in [0.25, 0.3) is 0 Å². The van der Waals surface area contributed by atoms with Crippen molar-refractivity contribution in [3.8, 4) is 0 Å². The maximum atomic E-state index is 2.46. The Kier molecular flexibility index (Phi) is 3.70. The van der Waals surface area contributed by atoms with Gasteiger partial charge in [0.1, 0.15) is 0 Å². The second-order valence-corrected chi connectivity index (χ2v) is 5.30. The van der Waals surface area contributed by atoms with E-state index >= 15 is 0 Å². The van der Waals surface area contributed by atoms with E-state index in [9.17, 15) is 0 Å². The zero-order valence-electron chi connectivity index (χ0n) is 10.9. The average molecular weight is 220 g/mol. The van der Waals surface area contributed by atoms with E-state index in [1.807, 2.05) is 0 Å². The molecule has 1 aliphatic heterocycles. The Bertz CT molecular complexity index is 313. The summed E-state index contributed by atoms with van der Waals surface area (Å²) >= 11 is 0. The molecule has 1 aliphatic rings. The normalized spacial score (nSPS) is 19.2. The highest BCUT2D eigenvalue weighted by molar-refractivity contribution is 5.13. The van der Waals surface area contributed by atoms with Crippen LogP contribution in [0.1, 0.15) is 30.7 Å². The van der Waals surface area contributed by atoms with Gasteiger partial charge in [-0.3, -0.25) is 0 Å². The first-order valence-electron chi connectivity index (χ1n) is 6.48. The minimum Gasteiger partial charge on any atom is -0.349 e. The van der Waals surface area contributed by atoms with Crippen LogP contribution in [0, 0.1) is 19.8 Å². The fourth-order valence-corrected chi connectivity index (χ4v) is 2.71. The van der Waals surface area contributed by atoms with Gasteiger partial charge in [-0.05, 0) is 71.3 Å². The summed E-state index contributed by atoms with van der Waals surface area (Å²) in [6.45, 7) is 8.20. The molecule has 0 aromatic carbocycles. The Morgan fingerprint density at radius 1 is 1.12 bits per heavy atom. The van der Waals surface area contributed by atoms with Gasteiger partial charge in [0.25, 0.3) is 0 Å². The van der Waals surface area contributed by atoms with Crippen LogP contribution in [0.4, 0.5) is 0 Å². The van der Waals surface area contributed by atoms with Crippen LogP contribution in [0.2, 0.25) is 0 Å². The summed E-state index contributed by atoms with van der Waals surface area (Å²) in [6, 6.07) is 4.45. The molecule has 0 bridgehead atoms. The molecule has 90 valence electrons. The van der Waals surface area contributed by atoms with Gasteiger partial charge in [-0.15, -0.1) is 0 Å². The Balaban J connectivity index is 1.83. The lowest BCUT2D eigenvalue weighted by Crippen LogP contribution is -2.30. The van der Waals surface area contributed by atoms with Gasteiger partial charge in [0.2, 0.25) is 0 Å². The molecule has 0 unspecified atom stereocenters. The fraction of sp³-hybridized carbons (Fsp3) is 0.714. The lowest BCUT2D eigenvalue weighted by molar-refractivity contribution is 0.207. The van der Waals surface area contributed by atoms with Gasteiger partial charge < -0.3 is 9.47 Å². The SMILES string of the molecule is Cc1ccc(C)n1CCC1CCN(C)CC1. The van der Waals surface area contributed by atoms with Crippen molar-refractivity contribution in [2.24, 2.45) is 5.92 Å². The van der Waals surface area contributed by atoms with Crippen LogP contribution in [0.15, 0.2) is 12.1 Å². The average Bonchev–Trinajstić information content (AvgIpc) is 2.59. The van der Waals surface area contributed by atoms with Crippen molar-refractivity contribution in [3.05, 3.63) is 23.5 Å². The Hall–Kier alpha value is -0.760. The first kappa shape index (κ1) is 11.7. The molecule has 0 radical (unpaired) electrons. The monoisotopic (exact) mass is 220 g/mol. The molecule has 1 aromatic heterocycles. The summed E-state index contributed by atoms with van der Waals surface area (Å²) < 4.78 is 2.46. The van der Waals surface area contributed by atoms with Gasteiger partial charge in [-0.1, -0.05) is 0 Å². The summed E-state index contributed by atoms with van der Waals surface area (Å²) in [6.07, 6.45) is 4.12. The molecule has 0 N–H and O–H groups in total. The first-order valence-corrected chi connectivity index (χ1v) is 6.48. The van der Waals surface area contributed by atoms with E-state index in [2.05, 4.69) is 42.5 Å². The number of hydrogen-bond acceptors (Lipinski definition) is 1. The van der Waals surface area contributed by atoms with Crippen LogP contribution >= 0.6 is 0 Å². The maximum Gasteiger partial charge on any atom is 0.0227 e. The highest BCUT2D eigenvalue weighted by Crippen LogP contribution is 2.21. The third-order valence-electron chi connectivity index (χ3n) is 4.02. The van der Waals surface area contributed by atoms with Crippen LogP contribution in [0.3, 0.4) is 0 Å². The van der Waals surface area contributed by atoms with E-state index in [4.69, 9.17) is 0 Å². The topological polar surface area (TPSA) is 8.17 Å². The summed E-state index contributed by atoms with van der Waals surface area (Å²) in [5.41, 5.74) is 2.82. The van der Waals surface area contributed by atoms with Crippen LogP contribution < -0.4 is 0 Å². The van der Waals surface area contributed by atoms with Gasteiger partial charge in [0, 0.05) is 17.9 Å². The number of aromatic nitrogens is 1. The van der Waals surface area contributed by atoms with Gasteiger partial charge in [0.15, 0.2) is 0 Å². The molecular formula is C14H24N2. The van der Waals surface area contributed by atoms with Crippen LogP contribution in [0.5, 0.6) is 0 Å². The minimum absolute atomic E-state index is 0.942. The molecule has 1 saturated heterocycles. The third-order valence-corrected chi connectivity index (χ3v) is 4.02. The van der Waals surface area contributed by atoms with Crippen molar-refractivity contribution in [2.45, 2.75) is 39.7 Å². The van der Waals surface area contributed by atoms with Crippen molar-refractivity contribution in [1.82, 2.24) is 9.47 Å². The van der Waals surface area contributed by atoms with Gasteiger partial charge in [-0.25, -0.2) is 0 Å². The van der Waals surface area contributed by atoms with Crippen LogP contribution in [-0.2, 0) is 6.54 Å². The Morgan fingerprint density at radius 2 is 1.69 bits per heavy atom. The quantitative estimate of drug-likeness (QED) is 0.760. The van der Waals surface area contributed by atoms with E-state index < -0.39 is 0 Å². The van der Waals surface area contributed by atoms with Crippen molar-refractivity contribution >= 4 is 0 Å². The number of rotatable bonds is 3. The number of likely N-dealkylation sites (tertiary alicyclic amines) is 1. The van der Waals surface area contributed by atoms with E-state index in [0.29, 0.717) is 0 Å². The highest BCUT2D eigenvalue weighted by atomic mass is 15.1. The van der Waals surface area contributed by atoms with Crippen molar-refractivity contribution in [2.75, 3.05) is 20.1 Å². The molecule has 16 heavy (non-hydrogen) atoms. The Morgan fingerprint density at radius 3 is 2.25 bits per heavy atom. The van der Waals surface area contributed by atoms with E-state index in [-0.39, 0.29) is 0 Å². The lowest BCUT2D eigenvalue weighted by atomic mass is 9.94. The standard InChI is InChI=1S/C14H24N2/c1-12-4-5-13(2)16(12)11-8-14-6-9-15(3)10-7-14/h4-5,14H,6-11H2,1-3H3. The minimum atomic E-state index is 0.942. The van der Waals surface area contributed by atoms with Crippen LogP contribution in [-0.4, -0.2) is 29.6 Å². The van der Waals surface area contributed by atoms with Crippen molar-refractivity contribution in [1.29, 1.82) is 0 Å². The number of aryl methyl sites for hydroxylation is 2. The summed E-state index contributed by atoms with van der Waals surface area (Å²) in [4.78, 5) is 2.45. The molecule has 0 aliphatic carbocycles. The summed E-state index contributed by atoms with van der Waals surface area (Å²) in [7, 11) is 2.23. The molecule has 0 amide bonds.